The molecule has 2 aliphatic carbocycles. The number of carboxylic acids is 1. The number of nitrogens with one attached hydrogen (secondary N) is 1. The van der Waals surface area contributed by atoms with Crippen LogP contribution in [0.25, 0.3) is 10.9 Å². The van der Waals surface area contributed by atoms with Crippen molar-refractivity contribution in [2.75, 3.05) is 13.2 Å². The van der Waals surface area contributed by atoms with E-state index in [9.17, 15) is 19.5 Å². The maximum atomic E-state index is 14.4. The van der Waals surface area contributed by atoms with Crippen LogP contribution in [-0.2, 0) is 20.7 Å². The molecular formula is C37H49N3O7. The first-order chi connectivity index (χ1) is 22.7. The molecule has 2 aromatic rings. The summed E-state index contributed by atoms with van der Waals surface area (Å²) in [6.45, 7) is 11.6. The lowest BCUT2D eigenvalue weighted by atomic mass is 9.93. The number of hydrogen-bond acceptors (Lipinski definition) is 7. The number of likely N-dealkylation sites (tertiary alicyclic amines) is 1. The largest absolute Gasteiger partial charge is 0.493 e. The first kappa shape index (κ1) is 34.3. The number of hydrogen-bond donors (Lipinski definition) is 2. The molecule has 3 aliphatic rings. The van der Waals surface area contributed by atoms with Gasteiger partial charge in [0.2, 0.25) is 11.8 Å². The highest BCUT2D eigenvalue weighted by atomic mass is 16.6. The number of allylic oxidation sites excluding steroid dienone is 2. The third-order valence-electron chi connectivity index (χ3n) is 10.2. The van der Waals surface area contributed by atoms with Crippen LogP contribution in [-0.4, -0.2) is 69.9 Å². The molecule has 0 unspecified atom stereocenters. The normalized spacial score (nSPS) is 25.0. The molecule has 1 aromatic heterocycles. The molecule has 1 aromatic carbocycles. The van der Waals surface area contributed by atoms with Crippen LogP contribution in [0.2, 0.25) is 0 Å². The Morgan fingerprint density at radius 2 is 1.89 bits per heavy atom. The highest BCUT2D eigenvalue weighted by Crippen LogP contribution is 2.40. The van der Waals surface area contributed by atoms with E-state index in [0.29, 0.717) is 35.7 Å². The summed E-state index contributed by atoms with van der Waals surface area (Å²) < 4.78 is 18.4. The highest BCUT2D eigenvalue weighted by molar-refractivity contribution is 5.92. The van der Waals surface area contributed by atoms with Crippen molar-refractivity contribution in [1.29, 1.82) is 0 Å². The fourth-order valence-electron chi connectivity index (χ4n) is 7.69. The lowest BCUT2D eigenvalue weighted by Crippen LogP contribution is -2.59. The molecule has 1 saturated heterocycles. The zero-order chi connectivity index (χ0) is 33.6. The van der Waals surface area contributed by atoms with Crippen molar-refractivity contribution >= 4 is 28.9 Å². The molecule has 2 saturated carbocycles. The van der Waals surface area contributed by atoms with E-state index in [0.717, 1.165) is 63.2 Å². The number of carboxylic acid groups (broad SMARTS) is 1. The monoisotopic (exact) mass is 647 g/mol. The zero-order valence-corrected chi connectivity index (χ0v) is 27.7. The van der Waals surface area contributed by atoms with Crippen molar-refractivity contribution in [2.45, 2.75) is 108 Å². The summed E-state index contributed by atoms with van der Waals surface area (Å²) in [5.74, 6) is -0.415. The van der Waals surface area contributed by atoms with E-state index in [1.807, 2.05) is 37.3 Å². The molecule has 2 amide bonds. The van der Waals surface area contributed by atoms with Gasteiger partial charge in [-0.1, -0.05) is 37.1 Å². The van der Waals surface area contributed by atoms with Crippen LogP contribution in [0.3, 0.4) is 0 Å². The molecule has 10 nitrogen and oxygen atoms in total. The Kier molecular flexibility index (Phi) is 11.1. The van der Waals surface area contributed by atoms with E-state index in [2.05, 4.69) is 18.5 Å². The van der Waals surface area contributed by atoms with Crippen LogP contribution >= 0.6 is 0 Å². The number of amides is 2. The maximum absolute atomic E-state index is 14.4. The van der Waals surface area contributed by atoms with Gasteiger partial charge in [-0.15, -0.1) is 13.2 Å². The van der Waals surface area contributed by atoms with Crippen molar-refractivity contribution in [3.63, 3.8) is 0 Å². The van der Waals surface area contributed by atoms with E-state index >= 15 is 0 Å². The average molecular weight is 648 g/mol. The third-order valence-corrected chi connectivity index (χ3v) is 10.2. The van der Waals surface area contributed by atoms with E-state index in [1.165, 1.54) is 4.90 Å². The number of nitrogens with zero attached hydrogens (tertiary/aromatic N) is 2. The van der Waals surface area contributed by atoms with Gasteiger partial charge in [0.1, 0.15) is 29.5 Å². The Bertz CT molecular complexity index is 1470. The topological polar surface area (TPSA) is 127 Å². The smallest absolute Gasteiger partial charge is 0.408 e. The number of ether oxygens (including phenoxy) is 3. The van der Waals surface area contributed by atoms with E-state index in [-0.39, 0.29) is 30.9 Å². The van der Waals surface area contributed by atoms with Gasteiger partial charge >= 0.3 is 12.1 Å². The Morgan fingerprint density at radius 1 is 1.13 bits per heavy atom. The zero-order valence-electron chi connectivity index (χ0n) is 27.7. The molecule has 5 atom stereocenters. The number of alkyl carbamates (subject to hydrolysis) is 1. The summed E-state index contributed by atoms with van der Waals surface area (Å²) in [6, 6.07) is 6.72. The minimum Gasteiger partial charge on any atom is -0.493 e. The molecule has 47 heavy (non-hydrogen) atoms. The molecule has 2 N–H and O–H groups in total. The second-order valence-corrected chi connectivity index (χ2v) is 13.3. The van der Waals surface area contributed by atoms with Gasteiger partial charge in [-0.05, 0) is 89.2 Å². The third kappa shape index (κ3) is 7.41. The Labute approximate surface area is 277 Å². The Morgan fingerprint density at radius 3 is 2.60 bits per heavy atom. The van der Waals surface area contributed by atoms with Gasteiger partial charge in [-0.3, -0.25) is 4.79 Å². The fraction of sp³-hybridized carbons (Fsp3) is 0.568. The van der Waals surface area contributed by atoms with Crippen molar-refractivity contribution in [3.05, 3.63) is 55.1 Å². The standard InChI is InChI=1S/C37H49N3O7/c1-5-8-15-24-18-13-21-30(24)47-36(44)39-31(25-16-9-10-17-25)34(41)40-23-26(22-37(40,4)35(42)43)46-33-28(14-6-2)32(45-7-3)27-19-11-12-20-29(27)38-33/h5-6,11-12,19-20,24-26,30-31H,1-2,7-10,13-18,21-23H2,3-4H3,(H,39,44)(H,42,43)/t24-,26-,30-,31+,37+/m1/s1. The maximum Gasteiger partial charge on any atom is 0.408 e. The number of para-hydroxylation sites is 1. The van der Waals surface area contributed by atoms with Gasteiger partial charge in [-0.2, -0.15) is 0 Å². The van der Waals surface area contributed by atoms with Crippen LogP contribution < -0.4 is 14.8 Å². The number of carbonyl (C=O) groups excluding carboxylic acids is 2. The van der Waals surface area contributed by atoms with Crippen LogP contribution in [0.5, 0.6) is 11.6 Å². The van der Waals surface area contributed by atoms with E-state index in [1.54, 1.807) is 13.0 Å². The van der Waals surface area contributed by atoms with Gasteiger partial charge in [0.05, 0.1) is 24.2 Å². The molecular weight excluding hydrogens is 598 g/mol. The van der Waals surface area contributed by atoms with Crippen molar-refractivity contribution in [3.8, 4) is 11.6 Å². The SMILES string of the molecule is C=CCC[C@@H]1CCC[C@H]1OC(=O)N[C@H](C(=O)N1C[C@H](Oc2nc3ccccc3c(OCC)c2CC=C)C[C@@]1(C)C(=O)O)C1CCCC1. The summed E-state index contributed by atoms with van der Waals surface area (Å²) in [7, 11) is 0. The van der Waals surface area contributed by atoms with Crippen molar-refractivity contribution in [1.82, 2.24) is 15.2 Å². The lowest BCUT2D eigenvalue weighted by molar-refractivity contribution is -0.156. The lowest BCUT2D eigenvalue weighted by Gasteiger charge is -2.35. The number of fused-ring (bicyclic) bond motifs is 1. The second-order valence-electron chi connectivity index (χ2n) is 13.3. The quantitative estimate of drug-likeness (QED) is 0.220. The van der Waals surface area contributed by atoms with Crippen LogP contribution in [0.15, 0.2) is 49.6 Å². The minimum atomic E-state index is -1.55. The average Bonchev–Trinajstić information content (AvgIpc) is 3.81. The predicted octanol–water partition coefficient (Wildman–Crippen LogP) is 6.60. The molecule has 3 fully saturated rings. The summed E-state index contributed by atoms with van der Waals surface area (Å²) in [5, 5.41) is 14.2. The Balaban J connectivity index is 1.39. The summed E-state index contributed by atoms with van der Waals surface area (Å²) in [5.41, 5.74) is -0.151. The van der Waals surface area contributed by atoms with Gasteiger partial charge < -0.3 is 29.5 Å². The van der Waals surface area contributed by atoms with Gasteiger partial charge in [0.25, 0.3) is 0 Å². The van der Waals surface area contributed by atoms with Crippen molar-refractivity contribution < 1.29 is 33.7 Å². The number of aliphatic carboxylic acids is 1. The number of carbonyl (C=O) groups is 3. The van der Waals surface area contributed by atoms with Gasteiger partial charge in [0, 0.05) is 11.8 Å². The summed E-state index contributed by atoms with van der Waals surface area (Å²) in [6.07, 6.45) is 10.6. The highest BCUT2D eigenvalue weighted by Gasteiger charge is 2.53. The van der Waals surface area contributed by atoms with Gasteiger partial charge in [0.15, 0.2) is 0 Å². The van der Waals surface area contributed by atoms with Gasteiger partial charge in [-0.25, -0.2) is 14.6 Å². The molecule has 0 radical (unpaired) electrons. The first-order valence-corrected chi connectivity index (χ1v) is 17.1. The second kappa shape index (κ2) is 15.2. The molecule has 5 rings (SSSR count). The number of rotatable bonds is 14. The predicted molar refractivity (Wildman–Crippen MR) is 180 cm³/mol. The molecule has 0 bridgehead atoms. The van der Waals surface area contributed by atoms with E-state index < -0.39 is 35.7 Å². The molecule has 1 aliphatic heterocycles. The summed E-state index contributed by atoms with van der Waals surface area (Å²) >= 11 is 0. The first-order valence-electron chi connectivity index (χ1n) is 17.1. The number of benzene rings is 1. The number of aromatic nitrogens is 1. The van der Waals surface area contributed by atoms with Crippen LogP contribution in [0, 0.1) is 11.8 Å². The Hall–Kier alpha value is -4.08. The van der Waals surface area contributed by atoms with E-state index in [4.69, 9.17) is 19.2 Å². The van der Waals surface area contributed by atoms with Crippen molar-refractivity contribution in [2.24, 2.45) is 11.8 Å². The minimum absolute atomic E-state index is 0.0276. The molecule has 2 heterocycles. The van der Waals surface area contributed by atoms with Crippen LogP contribution in [0.1, 0.15) is 83.6 Å². The number of pyridine rings is 1. The molecule has 10 heteroatoms. The molecule has 254 valence electrons. The fourth-order valence-corrected chi connectivity index (χ4v) is 7.69. The summed E-state index contributed by atoms with van der Waals surface area (Å²) in [4.78, 5) is 46.7. The van der Waals surface area contributed by atoms with Crippen LogP contribution in [0.4, 0.5) is 4.79 Å². The molecule has 0 spiro atoms.